The van der Waals surface area contributed by atoms with Crippen LogP contribution in [0.5, 0.6) is 5.75 Å². The van der Waals surface area contributed by atoms with Gasteiger partial charge >= 0.3 is 0 Å². The van der Waals surface area contributed by atoms with Crippen LogP contribution in [-0.2, 0) is 4.79 Å². The fraction of sp³-hybridized carbons (Fsp3) is 0.250. The molecule has 86 valence electrons. The van der Waals surface area contributed by atoms with Crippen molar-refractivity contribution in [2.24, 2.45) is 0 Å². The van der Waals surface area contributed by atoms with Gasteiger partial charge in [-0.05, 0) is 19.1 Å². The molecule has 0 aliphatic carbocycles. The summed E-state index contributed by atoms with van der Waals surface area (Å²) in [5.74, 6) is 0.445. The lowest BCUT2D eigenvalue weighted by atomic mass is 10.3. The molecule has 0 heterocycles. The number of rotatable bonds is 5. The first kappa shape index (κ1) is 12.6. The van der Waals surface area contributed by atoms with Crippen molar-refractivity contribution in [2.45, 2.75) is 13.0 Å². The Morgan fingerprint density at radius 3 is 2.69 bits per heavy atom. The number of nitrogens with one attached hydrogen (secondary N) is 1. The topological polar surface area (TPSA) is 38.3 Å². The molecule has 1 rings (SSSR count). The van der Waals surface area contributed by atoms with Gasteiger partial charge in [-0.25, -0.2) is 0 Å². The minimum atomic E-state index is -0.557. The van der Waals surface area contributed by atoms with Crippen molar-refractivity contribution in [3.8, 4) is 5.75 Å². The minimum Gasteiger partial charge on any atom is -0.481 e. The average Bonchev–Trinajstić information content (AvgIpc) is 2.27. The molecule has 3 nitrogen and oxygen atoms in total. The molecule has 1 atom stereocenters. The van der Waals surface area contributed by atoms with Gasteiger partial charge in [0.15, 0.2) is 6.10 Å². The Morgan fingerprint density at radius 2 is 2.12 bits per heavy atom. The molecule has 0 saturated carbocycles. The normalized spacial score (nSPS) is 11.6. The second-order valence-electron chi connectivity index (χ2n) is 3.31. The first-order valence-electron chi connectivity index (χ1n) is 4.92. The third-order valence-electron chi connectivity index (χ3n) is 1.88. The summed E-state index contributed by atoms with van der Waals surface area (Å²) < 4.78 is 5.42. The Hall–Kier alpha value is -1.48. The summed E-state index contributed by atoms with van der Waals surface area (Å²) >= 11 is 5.54. The van der Waals surface area contributed by atoms with Crippen LogP contribution in [-0.4, -0.2) is 18.6 Å². The summed E-state index contributed by atoms with van der Waals surface area (Å²) in [7, 11) is 0. The predicted octanol–water partition coefficient (Wildman–Crippen LogP) is 2.32. The molecular formula is C12H14ClNO2. The Balaban J connectivity index is 2.43. The first-order valence-corrected chi connectivity index (χ1v) is 5.30. The Morgan fingerprint density at radius 1 is 1.50 bits per heavy atom. The molecule has 0 spiro atoms. The fourth-order valence-electron chi connectivity index (χ4n) is 1.08. The molecule has 0 radical (unpaired) electrons. The molecule has 1 unspecified atom stereocenters. The number of benzene rings is 1. The summed E-state index contributed by atoms with van der Waals surface area (Å²) in [6.07, 6.45) is -0.557. The van der Waals surface area contributed by atoms with Gasteiger partial charge in [0.1, 0.15) is 5.75 Å². The van der Waals surface area contributed by atoms with Crippen LogP contribution in [0.3, 0.4) is 0 Å². The number of ether oxygens (including phenoxy) is 1. The number of amides is 1. The third kappa shape index (κ3) is 4.36. The van der Waals surface area contributed by atoms with Gasteiger partial charge in [0.05, 0.1) is 6.54 Å². The van der Waals surface area contributed by atoms with Crippen molar-refractivity contribution in [3.05, 3.63) is 41.9 Å². The van der Waals surface area contributed by atoms with Gasteiger partial charge in [-0.3, -0.25) is 4.79 Å². The molecule has 0 aliphatic rings. The predicted molar refractivity (Wildman–Crippen MR) is 64.5 cm³/mol. The zero-order valence-electron chi connectivity index (χ0n) is 9.07. The number of carbonyl (C=O) groups excluding carboxylic acids is 1. The van der Waals surface area contributed by atoms with Crippen molar-refractivity contribution < 1.29 is 9.53 Å². The molecule has 16 heavy (non-hydrogen) atoms. The number of hydrogen-bond donors (Lipinski definition) is 1. The van der Waals surface area contributed by atoms with Crippen LogP contribution in [0.1, 0.15) is 6.92 Å². The van der Waals surface area contributed by atoms with Crippen molar-refractivity contribution >= 4 is 17.5 Å². The number of hydrogen-bond acceptors (Lipinski definition) is 2. The van der Waals surface area contributed by atoms with Crippen LogP contribution in [0, 0.1) is 0 Å². The Kier molecular flexibility index (Phi) is 4.86. The van der Waals surface area contributed by atoms with Gasteiger partial charge in [0.2, 0.25) is 0 Å². The SMILES string of the molecule is C=C(Cl)CNC(=O)C(C)Oc1ccccc1. The summed E-state index contributed by atoms with van der Waals surface area (Å²) in [5.41, 5.74) is 0. The van der Waals surface area contributed by atoms with Crippen LogP contribution in [0.4, 0.5) is 0 Å². The molecule has 0 aliphatic heterocycles. The molecule has 0 saturated heterocycles. The van der Waals surface area contributed by atoms with Crippen LogP contribution < -0.4 is 10.1 Å². The van der Waals surface area contributed by atoms with Crippen LogP contribution >= 0.6 is 11.6 Å². The lowest BCUT2D eigenvalue weighted by Crippen LogP contribution is -2.36. The highest BCUT2D eigenvalue weighted by Gasteiger charge is 2.13. The molecular weight excluding hydrogens is 226 g/mol. The van der Waals surface area contributed by atoms with E-state index in [0.29, 0.717) is 10.8 Å². The molecule has 0 fully saturated rings. The Bertz CT molecular complexity index is 365. The van der Waals surface area contributed by atoms with Gasteiger partial charge < -0.3 is 10.1 Å². The standard InChI is InChI=1S/C12H14ClNO2/c1-9(13)8-14-12(15)10(2)16-11-6-4-3-5-7-11/h3-7,10H,1,8H2,2H3,(H,14,15). The van der Waals surface area contributed by atoms with E-state index in [9.17, 15) is 4.79 Å². The van der Waals surface area contributed by atoms with Crippen LogP contribution in [0.2, 0.25) is 0 Å². The Labute approximate surface area is 100 Å². The van der Waals surface area contributed by atoms with Crippen LogP contribution in [0.15, 0.2) is 41.9 Å². The lowest BCUT2D eigenvalue weighted by Gasteiger charge is -2.14. The highest BCUT2D eigenvalue weighted by Crippen LogP contribution is 2.10. The van der Waals surface area contributed by atoms with Gasteiger partial charge in [-0.1, -0.05) is 36.4 Å². The second kappa shape index (κ2) is 6.18. The van der Waals surface area contributed by atoms with E-state index >= 15 is 0 Å². The monoisotopic (exact) mass is 239 g/mol. The highest BCUT2D eigenvalue weighted by atomic mass is 35.5. The highest BCUT2D eigenvalue weighted by molar-refractivity contribution is 6.29. The van der Waals surface area contributed by atoms with E-state index in [0.717, 1.165) is 0 Å². The van der Waals surface area contributed by atoms with Crippen molar-refractivity contribution in [3.63, 3.8) is 0 Å². The summed E-state index contributed by atoms with van der Waals surface area (Å²) in [5, 5.41) is 3.00. The smallest absolute Gasteiger partial charge is 0.261 e. The average molecular weight is 240 g/mol. The van der Waals surface area contributed by atoms with E-state index in [2.05, 4.69) is 11.9 Å². The molecule has 1 aromatic carbocycles. The lowest BCUT2D eigenvalue weighted by molar-refractivity contribution is -0.127. The maximum atomic E-state index is 11.5. The summed E-state index contributed by atoms with van der Waals surface area (Å²) in [6.45, 7) is 5.41. The van der Waals surface area contributed by atoms with E-state index in [1.807, 2.05) is 18.2 Å². The van der Waals surface area contributed by atoms with Gasteiger partial charge in [-0.15, -0.1) is 0 Å². The van der Waals surface area contributed by atoms with Crippen molar-refractivity contribution in [1.29, 1.82) is 0 Å². The largest absolute Gasteiger partial charge is 0.481 e. The minimum absolute atomic E-state index is 0.217. The van der Waals surface area contributed by atoms with Gasteiger partial charge in [-0.2, -0.15) is 0 Å². The number of para-hydroxylation sites is 1. The molecule has 1 N–H and O–H groups in total. The number of carbonyl (C=O) groups is 1. The van der Waals surface area contributed by atoms with Crippen molar-refractivity contribution in [1.82, 2.24) is 5.32 Å². The van der Waals surface area contributed by atoms with E-state index in [-0.39, 0.29) is 12.5 Å². The van der Waals surface area contributed by atoms with Gasteiger partial charge in [0.25, 0.3) is 5.91 Å². The maximum Gasteiger partial charge on any atom is 0.261 e. The van der Waals surface area contributed by atoms with E-state index in [1.54, 1.807) is 19.1 Å². The van der Waals surface area contributed by atoms with E-state index in [4.69, 9.17) is 16.3 Å². The quantitative estimate of drug-likeness (QED) is 0.857. The molecule has 0 bridgehead atoms. The second-order valence-corrected chi connectivity index (χ2v) is 3.84. The molecule has 1 amide bonds. The molecule has 1 aromatic rings. The zero-order chi connectivity index (χ0) is 12.0. The van der Waals surface area contributed by atoms with Crippen LogP contribution in [0.25, 0.3) is 0 Å². The summed E-state index contributed by atoms with van der Waals surface area (Å²) in [6, 6.07) is 9.17. The van der Waals surface area contributed by atoms with E-state index in [1.165, 1.54) is 0 Å². The van der Waals surface area contributed by atoms with Crippen molar-refractivity contribution in [2.75, 3.05) is 6.54 Å². The zero-order valence-corrected chi connectivity index (χ0v) is 9.83. The van der Waals surface area contributed by atoms with Gasteiger partial charge in [0, 0.05) is 5.03 Å². The maximum absolute atomic E-state index is 11.5. The summed E-state index contributed by atoms with van der Waals surface area (Å²) in [4.78, 5) is 11.5. The first-order chi connectivity index (χ1) is 7.59. The fourth-order valence-corrected chi connectivity index (χ4v) is 1.15. The third-order valence-corrected chi connectivity index (χ3v) is 2.01. The molecule has 4 heteroatoms. The molecule has 0 aromatic heterocycles. The van der Waals surface area contributed by atoms with E-state index < -0.39 is 6.10 Å². The number of halogens is 1.